The topological polar surface area (TPSA) is 344 Å². The number of carbonyl (C=O) groups is 3. The van der Waals surface area contributed by atoms with Crippen LogP contribution in [0.5, 0.6) is 0 Å². The predicted molar refractivity (Wildman–Crippen MR) is 206 cm³/mol. The normalized spacial score (nSPS) is 35.7. The molecule has 0 aromatic rings. The SMILES string of the molecule is CCCCCCCCCCCCCCCC(=O)N[C@@H]1O[C@H](CO)[C@@H](O[C@@H]2O[C@H](CO)[C@H](O)[C@H](O[C@]3(C(=O)O)C[C@H](O)[C@@H](NC(C)=O)[C@H]([C@H](O)[C@H](O)CO)O3)[C@H]2O)[C@H](O)[C@H]1O. The summed E-state index contributed by atoms with van der Waals surface area (Å²) in [5, 5.41) is 121. The van der Waals surface area contributed by atoms with Crippen LogP contribution in [0.2, 0.25) is 0 Å². The number of hydrogen-bond donors (Lipinski definition) is 13. The Morgan fingerprint density at radius 2 is 1.30 bits per heavy atom. The third-order valence-electron chi connectivity index (χ3n) is 11.3. The lowest BCUT2D eigenvalue weighted by atomic mass is 9.88. The first-order valence-corrected chi connectivity index (χ1v) is 21.3. The number of unbranched alkanes of at least 4 members (excludes halogenated alkanes) is 12. The minimum atomic E-state index is -3.04. The van der Waals surface area contributed by atoms with Gasteiger partial charge in [0.2, 0.25) is 11.8 Å². The zero-order valence-corrected chi connectivity index (χ0v) is 34.6. The molecule has 3 aliphatic rings. The van der Waals surface area contributed by atoms with Gasteiger partial charge >= 0.3 is 5.97 Å². The summed E-state index contributed by atoms with van der Waals surface area (Å²) in [6, 6.07) is -1.55. The Bertz CT molecular complexity index is 1280. The molecule has 350 valence electrons. The van der Waals surface area contributed by atoms with Crippen LogP contribution < -0.4 is 10.6 Å². The highest BCUT2D eigenvalue weighted by Crippen LogP contribution is 2.38. The minimum Gasteiger partial charge on any atom is -0.477 e. The number of amides is 2. The molecule has 0 spiro atoms. The Morgan fingerprint density at radius 1 is 0.733 bits per heavy atom. The molecule has 2 amide bonds. The molecule has 3 aliphatic heterocycles. The van der Waals surface area contributed by atoms with Gasteiger partial charge in [-0.05, 0) is 6.42 Å². The molecule has 0 aromatic carbocycles. The van der Waals surface area contributed by atoms with Gasteiger partial charge in [0.05, 0.1) is 32.0 Å². The summed E-state index contributed by atoms with van der Waals surface area (Å²) in [7, 11) is 0. The quantitative estimate of drug-likeness (QED) is 0.0396. The molecule has 21 nitrogen and oxygen atoms in total. The maximum absolute atomic E-state index is 12.8. The molecule has 21 heteroatoms. The highest BCUT2D eigenvalue weighted by molar-refractivity contribution is 5.77. The number of aliphatic hydroxyl groups is 10. The van der Waals surface area contributed by atoms with Gasteiger partial charge in [-0.15, -0.1) is 0 Å². The zero-order chi connectivity index (χ0) is 44.6. The monoisotopic (exact) mass is 870 g/mol. The van der Waals surface area contributed by atoms with E-state index in [4.69, 9.17) is 23.7 Å². The number of aliphatic carboxylic acids is 1. The second kappa shape index (κ2) is 25.8. The Labute approximate surface area is 349 Å². The van der Waals surface area contributed by atoms with Crippen molar-refractivity contribution in [2.45, 2.75) is 208 Å². The van der Waals surface area contributed by atoms with Gasteiger partial charge in [-0.25, -0.2) is 4.79 Å². The number of ether oxygens (including phenoxy) is 5. The maximum Gasteiger partial charge on any atom is 0.364 e. The summed E-state index contributed by atoms with van der Waals surface area (Å²) in [5.74, 6) is -6.23. The number of carboxylic acids is 1. The van der Waals surface area contributed by atoms with Crippen LogP contribution in [0.3, 0.4) is 0 Å². The molecule has 3 heterocycles. The Balaban J connectivity index is 1.63. The fraction of sp³-hybridized carbons (Fsp3) is 0.923. The van der Waals surface area contributed by atoms with E-state index in [9.17, 15) is 70.6 Å². The number of carboxylic acid groups (broad SMARTS) is 1. The molecule has 0 aromatic heterocycles. The van der Waals surface area contributed by atoms with E-state index in [-0.39, 0.29) is 6.42 Å². The van der Waals surface area contributed by atoms with E-state index in [1.54, 1.807) is 0 Å². The van der Waals surface area contributed by atoms with Gasteiger partial charge < -0.3 is 90.5 Å². The molecular formula is C39H70N2O19. The average Bonchev–Trinajstić information content (AvgIpc) is 3.21. The van der Waals surface area contributed by atoms with Crippen LogP contribution >= 0.6 is 0 Å². The number of nitrogens with one attached hydrogen (secondary N) is 2. The molecule has 3 saturated heterocycles. The summed E-state index contributed by atoms with van der Waals surface area (Å²) < 4.78 is 28.2. The lowest BCUT2D eigenvalue weighted by Gasteiger charge is -2.50. The predicted octanol–water partition coefficient (Wildman–Crippen LogP) is -2.62. The highest BCUT2D eigenvalue weighted by Gasteiger charge is 2.60. The van der Waals surface area contributed by atoms with Crippen LogP contribution in [-0.4, -0.2) is 191 Å². The van der Waals surface area contributed by atoms with Crippen LogP contribution in [0.25, 0.3) is 0 Å². The molecule has 0 bridgehead atoms. The summed E-state index contributed by atoms with van der Waals surface area (Å²) in [5.41, 5.74) is 0. The number of hydrogen-bond acceptors (Lipinski definition) is 18. The molecule has 0 aliphatic carbocycles. The van der Waals surface area contributed by atoms with E-state index in [1.165, 1.54) is 51.4 Å². The van der Waals surface area contributed by atoms with Crippen molar-refractivity contribution in [3.8, 4) is 0 Å². The summed E-state index contributed by atoms with van der Waals surface area (Å²) >= 11 is 0. The second-order valence-corrected chi connectivity index (χ2v) is 16.1. The van der Waals surface area contributed by atoms with Gasteiger partial charge in [-0.1, -0.05) is 84.0 Å². The molecule has 0 saturated carbocycles. The molecule has 3 fully saturated rings. The van der Waals surface area contributed by atoms with Gasteiger partial charge in [0.1, 0.15) is 67.1 Å². The third-order valence-corrected chi connectivity index (χ3v) is 11.3. The third kappa shape index (κ3) is 14.4. The largest absolute Gasteiger partial charge is 0.477 e. The van der Waals surface area contributed by atoms with Crippen LogP contribution in [0.4, 0.5) is 0 Å². The van der Waals surface area contributed by atoms with Crippen LogP contribution in [0, 0.1) is 0 Å². The Kier molecular flexibility index (Phi) is 22.4. The molecule has 3 rings (SSSR count). The van der Waals surface area contributed by atoms with Crippen LogP contribution in [-0.2, 0) is 38.1 Å². The van der Waals surface area contributed by atoms with E-state index in [2.05, 4.69) is 17.6 Å². The summed E-state index contributed by atoms with van der Waals surface area (Å²) in [6.45, 7) is 0.378. The summed E-state index contributed by atoms with van der Waals surface area (Å²) in [4.78, 5) is 37.4. The van der Waals surface area contributed by atoms with E-state index >= 15 is 0 Å². The highest BCUT2D eigenvalue weighted by atomic mass is 16.8. The molecular weight excluding hydrogens is 800 g/mol. The van der Waals surface area contributed by atoms with Crippen molar-refractivity contribution in [1.29, 1.82) is 0 Å². The van der Waals surface area contributed by atoms with E-state index in [0.717, 1.165) is 32.6 Å². The van der Waals surface area contributed by atoms with Crippen molar-refractivity contribution < 1.29 is 94.2 Å². The lowest BCUT2D eigenvalue weighted by Crippen LogP contribution is -2.71. The fourth-order valence-electron chi connectivity index (χ4n) is 7.84. The van der Waals surface area contributed by atoms with Crippen molar-refractivity contribution in [2.24, 2.45) is 0 Å². The molecule has 60 heavy (non-hydrogen) atoms. The lowest BCUT2D eigenvalue weighted by molar-refractivity contribution is -0.381. The summed E-state index contributed by atoms with van der Waals surface area (Å²) in [6.07, 6.45) is -12.6. The Morgan fingerprint density at radius 3 is 1.82 bits per heavy atom. The average molecular weight is 871 g/mol. The first kappa shape index (κ1) is 52.2. The van der Waals surface area contributed by atoms with Crippen molar-refractivity contribution >= 4 is 17.8 Å². The molecule has 16 atom stereocenters. The van der Waals surface area contributed by atoms with E-state index < -0.39 is 142 Å². The molecule has 0 radical (unpaired) electrons. The minimum absolute atomic E-state index is 0.118. The zero-order valence-electron chi connectivity index (χ0n) is 34.6. The number of rotatable bonds is 26. The first-order chi connectivity index (χ1) is 28.5. The number of carbonyl (C=O) groups excluding carboxylic acids is 2. The maximum atomic E-state index is 12.8. The number of aliphatic hydroxyl groups excluding tert-OH is 10. The van der Waals surface area contributed by atoms with Gasteiger partial charge in [0.25, 0.3) is 5.79 Å². The van der Waals surface area contributed by atoms with Gasteiger partial charge in [-0.3, -0.25) is 9.59 Å². The van der Waals surface area contributed by atoms with Crippen LogP contribution in [0.1, 0.15) is 110 Å². The molecule has 13 N–H and O–H groups in total. The van der Waals surface area contributed by atoms with Crippen molar-refractivity contribution in [2.75, 3.05) is 19.8 Å². The van der Waals surface area contributed by atoms with E-state index in [0.29, 0.717) is 6.42 Å². The van der Waals surface area contributed by atoms with Gasteiger partial charge in [0.15, 0.2) is 12.5 Å². The Hall–Kier alpha value is -2.19. The molecule has 0 unspecified atom stereocenters. The van der Waals surface area contributed by atoms with Gasteiger partial charge in [-0.2, -0.15) is 0 Å². The van der Waals surface area contributed by atoms with Crippen molar-refractivity contribution in [1.82, 2.24) is 10.6 Å². The second-order valence-electron chi connectivity index (χ2n) is 16.1. The van der Waals surface area contributed by atoms with Crippen molar-refractivity contribution in [3.05, 3.63) is 0 Å². The fourth-order valence-corrected chi connectivity index (χ4v) is 7.84. The standard InChI is InChI=1S/C39H70N2O19/c1-3-4-5-6-7-8-9-10-11-12-13-14-15-16-26(48)41-36-31(52)30(51)33(25(20-44)56-36)58-37-32(53)35(29(50)24(19-43)57-37)60-39(38(54)55)17-22(46)27(40-21(2)45)34(59-39)28(49)23(47)18-42/h22-25,27-37,42-44,46-47,49-53H,3-20H2,1-2H3,(H,40,45)(H,41,48)(H,54,55)/t22-,23+,24+,25+,27+,28+,29-,30+,31+,32+,33+,34+,35-,36+,37-,39-/m0/s1. The first-order valence-electron chi connectivity index (χ1n) is 21.3. The van der Waals surface area contributed by atoms with Gasteiger partial charge in [0, 0.05) is 19.8 Å². The van der Waals surface area contributed by atoms with Crippen molar-refractivity contribution in [3.63, 3.8) is 0 Å². The van der Waals surface area contributed by atoms with Crippen LogP contribution in [0.15, 0.2) is 0 Å². The smallest absolute Gasteiger partial charge is 0.364 e. The van der Waals surface area contributed by atoms with E-state index in [1.807, 2.05) is 0 Å².